The summed E-state index contributed by atoms with van der Waals surface area (Å²) in [4.78, 5) is 17.7. The van der Waals surface area contributed by atoms with Crippen LogP contribution in [0, 0.1) is 0 Å². The van der Waals surface area contributed by atoms with E-state index in [1.165, 1.54) is 0 Å². The molecule has 8 heteroatoms. The highest BCUT2D eigenvalue weighted by molar-refractivity contribution is 7.81. The van der Waals surface area contributed by atoms with Gasteiger partial charge in [0.05, 0.1) is 29.6 Å². The lowest BCUT2D eigenvalue weighted by molar-refractivity contribution is 0.487. The Balaban J connectivity index is 1.39. The van der Waals surface area contributed by atoms with Gasteiger partial charge in [-0.15, -0.1) is 12.6 Å². The highest BCUT2D eigenvalue weighted by Crippen LogP contribution is 2.23. The smallest absolute Gasteiger partial charge is 0.153 e. The summed E-state index contributed by atoms with van der Waals surface area (Å²) in [6, 6.07) is 8.33. The van der Waals surface area contributed by atoms with Gasteiger partial charge < -0.3 is 20.2 Å². The number of thiol groups is 1. The molecule has 0 amide bonds. The van der Waals surface area contributed by atoms with Gasteiger partial charge in [-0.25, -0.2) is 9.97 Å². The molecule has 24 heavy (non-hydrogen) atoms. The maximum Gasteiger partial charge on any atom is 0.153 e. The van der Waals surface area contributed by atoms with Crippen LogP contribution in [0.5, 0.6) is 0 Å². The molecule has 0 bridgehead atoms. The zero-order valence-electron chi connectivity index (χ0n) is 13.5. The number of aromatic nitrogens is 4. The lowest BCUT2D eigenvalue weighted by atomic mass is 10.2. The molecule has 1 aromatic carbocycles. The Bertz CT molecular complexity index is 794. The molecule has 1 aliphatic rings. The average molecular weight is 343 g/mol. The Labute approximate surface area is 145 Å². The summed E-state index contributed by atoms with van der Waals surface area (Å²) in [7, 11) is 0. The molecule has 0 saturated carbocycles. The second-order valence-electron chi connectivity index (χ2n) is 6.09. The number of nitrogens with zero attached hydrogens (tertiary/aromatic N) is 3. The molecule has 0 spiro atoms. The molecule has 3 aromatic rings. The van der Waals surface area contributed by atoms with Crippen molar-refractivity contribution in [1.29, 1.82) is 0 Å². The summed E-state index contributed by atoms with van der Waals surface area (Å²) in [6.45, 7) is 4.42. The van der Waals surface area contributed by atoms with Crippen LogP contribution in [0.25, 0.3) is 11.0 Å². The van der Waals surface area contributed by atoms with Gasteiger partial charge in [-0.2, -0.15) is 0 Å². The quantitative estimate of drug-likeness (QED) is 0.454. The van der Waals surface area contributed by atoms with E-state index in [0.29, 0.717) is 6.54 Å². The second-order valence-corrected chi connectivity index (χ2v) is 6.58. The van der Waals surface area contributed by atoms with Gasteiger partial charge >= 0.3 is 0 Å². The van der Waals surface area contributed by atoms with Gasteiger partial charge in [0.2, 0.25) is 0 Å². The van der Waals surface area contributed by atoms with Crippen molar-refractivity contribution in [3.63, 3.8) is 0 Å². The van der Waals surface area contributed by atoms with Crippen LogP contribution in [0.4, 0.5) is 5.82 Å². The Morgan fingerprint density at radius 3 is 3.17 bits per heavy atom. The van der Waals surface area contributed by atoms with Crippen LogP contribution in [0.15, 0.2) is 30.6 Å². The molecule has 4 N–H and O–H groups in total. The fraction of sp³-hybridized carbons (Fsp3) is 0.375. The fourth-order valence-corrected chi connectivity index (χ4v) is 3.31. The van der Waals surface area contributed by atoms with Crippen LogP contribution in [0.3, 0.4) is 0 Å². The molecule has 2 atom stereocenters. The van der Waals surface area contributed by atoms with Gasteiger partial charge in [0.15, 0.2) is 5.82 Å². The zero-order chi connectivity index (χ0) is 16.5. The third-order valence-corrected chi connectivity index (χ3v) is 4.71. The van der Waals surface area contributed by atoms with E-state index >= 15 is 0 Å². The van der Waals surface area contributed by atoms with Gasteiger partial charge in [0.1, 0.15) is 11.3 Å². The number of nitrogens with one attached hydrogen (secondary N) is 4. The highest BCUT2D eigenvalue weighted by Gasteiger charge is 2.26. The van der Waals surface area contributed by atoms with Gasteiger partial charge in [-0.1, -0.05) is 12.1 Å². The number of para-hydroxylation sites is 2. The molecule has 7 nitrogen and oxygen atoms in total. The van der Waals surface area contributed by atoms with Gasteiger partial charge in [-0.05, 0) is 19.1 Å². The van der Waals surface area contributed by atoms with Crippen LogP contribution in [-0.4, -0.2) is 38.0 Å². The van der Waals surface area contributed by atoms with Crippen molar-refractivity contribution in [2.24, 2.45) is 0 Å². The van der Waals surface area contributed by atoms with Gasteiger partial charge in [-0.3, -0.25) is 5.32 Å². The van der Waals surface area contributed by atoms with Crippen molar-refractivity contribution >= 4 is 29.5 Å². The summed E-state index contributed by atoms with van der Waals surface area (Å²) in [5, 5.41) is 6.86. The van der Waals surface area contributed by atoms with E-state index in [9.17, 15) is 0 Å². The zero-order valence-corrected chi connectivity index (χ0v) is 14.3. The SMILES string of the molecule is CC(CN1c2nc[nH]c2CNC1S)NCc1nc2ccccc2[nH]1. The number of anilines is 1. The minimum Gasteiger partial charge on any atom is -0.346 e. The van der Waals surface area contributed by atoms with Crippen LogP contribution in [0.2, 0.25) is 0 Å². The van der Waals surface area contributed by atoms with Gasteiger partial charge in [0.25, 0.3) is 0 Å². The first-order valence-electron chi connectivity index (χ1n) is 8.08. The lowest BCUT2D eigenvalue weighted by Crippen LogP contribution is -2.51. The Hall–Kier alpha value is -2.03. The van der Waals surface area contributed by atoms with Crippen molar-refractivity contribution < 1.29 is 0 Å². The summed E-state index contributed by atoms with van der Waals surface area (Å²) < 4.78 is 0. The van der Waals surface area contributed by atoms with E-state index in [-0.39, 0.29) is 11.5 Å². The van der Waals surface area contributed by atoms with Crippen LogP contribution >= 0.6 is 12.6 Å². The van der Waals surface area contributed by atoms with Gasteiger partial charge in [0, 0.05) is 19.1 Å². The van der Waals surface area contributed by atoms with Crippen molar-refractivity contribution in [1.82, 2.24) is 30.6 Å². The summed E-state index contributed by atoms with van der Waals surface area (Å²) >= 11 is 4.62. The number of benzene rings is 1. The van der Waals surface area contributed by atoms with Crippen LogP contribution in [-0.2, 0) is 13.1 Å². The predicted octanol–water partition coefficient (Wildman–Crippen LogP) is 1.59. The molecule has 2 aromatic heterocycles. The normalized spacial score (nSPS) is 18.8. The molecular formula is C16H21N7S. The minimum absolute atomic E-state index is 0.0312. The maximum absolute atomic E-state index is 4.62. The molecule has 0 aliphatic carbocycles. The molecule has 126 valence electrons. The van der Waals surface area contributed by atoms with E-state index in [0.717, 1.165) is 41.5 Å². The summed E-state index contributed by atoms with van der Waals surface area (Å²) in [5.41, 5.74) is 3.14. The van der Waals surface area contributed by atoms with Crippen molar-refractivity contribution in [3.05, 3.63) is 42.1 Å². The molecule has 3 heterocycles. The predicted molar refractivity (Wildman–Crippen MR) is 97.9 cm³/mol. The Morgan fingerprint density at radius 1 is 1.42 bits per heavy atom. The van der Waals surface area contributed by atoms with E-state index in [2.05, 4.69) is 55.0 Å². The number of rotatable bonds is 5. The average Bonchev–Trinajstić information content (AvgIpc) is 3.21. The molecule has 2 unspecified atom stereocenters. The second kappa shape index (κ2) is 6.46. The molecule has 0 saturated heterocycles. The van der Waals surface area contributed by atoms with E-state index in [4.69, 9.17) is 0 Å². The first-order chi connectivity index (χ1) is 11.7. The third kappa shape index (κ3) is 3.00. The monoisotopic (exact) mass is 343 g/mol. The standard InChI is InChI=1S/C16H21N7S/c1-10(8-23-15-13(19-9-20-15)6-18-16(23)24)17-7-14-21-11-4-2-3-5-12(11)22-14/h2-5,9-10,16-18,24H,6-8H2,1H3,(H,19,20)(H,21,22). The molecule has 0 radical (unpaired) electrons. The van der Waals surface area contributed by atoms with E-state index < -0.39 is 0 Å². The lowest BCUT2D eigenvalue weighted by Gasteiger charge is -2.35. The highest BCUT2D eigenvalue weighted by atomic mass is 32.1. The maximum atomic E-state index is 4.62. The van der Waals surface area contributed by atoms with Crippen molar-refractivity contribution in [2.45, 2.75) is 31.6 Å². The number of imidazole rings is 2. The minimum atomic E-state index is -0.0312. The van der Waals surface area contributed by atoms with Crippen LogP contribution in [0.1, 0.15) is 18.4 Å². The first kappa shape index (κ1) is 15.5. The summed E-state index contributed by atoms with van der Waals surface area (Å²) in [5.74, 6) is 1.92. The van der Waals surface area contributed by atoms with Crippen LogP contribution < -0.4 is 15.5 Å². The third-order valence-electron chi connectivity index (χ3n) is 4.25. The number of hydrogen-bond donors (Lipinski definition) is 5. The van der Waals surface area contributed by atoms with E-state index in [1.54, 1.807) is 6.33 Å². The van der Waals surface area contributed by atoms with Crippen molar-refractivity contribution in [3.8, 4) is 0 Å². The summed E-state index contributed by atoms with van der Waals surface area (Å²) in [6.07, 6.45) is 1.73. The van der Waals surface area contributed by atoms with Crippen molar-refractivity contribution in [2.75, 3.05) is 11.4 Å². The molecule has 1 aliphatic heterocycles. The molecule has 0 fully saturated rings. The number of aromatic amines is 2. The number of fused-ring (bicyclic) bond motifs is 2. The van der Waals surface area contributed by atoms with E-state index in [1.807, 2.05) is 24.3 Å². The Morgan fingerprint density at radius 2 is 2.29 bits per heavy atom. The number of hydrogen-bond acceptors (Lipinski definition) is 6. The fourth-order valence-electron chi connectivity index (χ4n) is 3.02. The largest absolute Gasteiger partial charge is 0.346 e. The molecule has 4 rings (SSSR count). The first-order valence-corrected chi connectivity index (χ1v) is 8.59. The topological polar surface area (TPSA) is 84.7 Å². The number of H-pyrrole nitrogens is 2. The Kier molecular flexibility index (Phi) is 4.17. The molecular weight excluding hydrogens is 322 g/mol.